The highest BCUT2D eigenvalue weighted by Gasteiger charge is 2.49. The Kier molecular flexibility index (Phi) is 4.64. The molecule has 4 heteroatoms. The average molecular weight is 395 g/mol. The Morgan fingerprint density at radius 2 is 1.68 bits per heavy atom. The van der Waals surface area contributed by atoms with Crippen LogP contribution in [0.4, 0.5) is 0 Å². The number of hydrogen-bond donors (Lipinski definition) is 2. The Balaban J connectivity index is 0.00000192. The van der Waals surface area contributed by atoms with Gasteiger partial charge >= 0.3 is 0 Å². The lowest BCUT2D eigenvalue weighted by Gasteiger charge is -2.48. The van der Waals surface area contributed by atoms with Crippen LogP contribution < -0.4 is 5.32 Å². The average Bonchev–Trinajstić information content (AvgIpc) is 3.02. The molecule has 2 aromatic carbocycles. The smallest absolute Gasteiger partial charge is 0.135 e. The fourth-order valence-corrected chi connectivity index (χ4v) is 5.54. The highest BCUT2D eigenvalue weighted by molar-refractivity contribution is 5.88. The summed E-state index contributed by atoms with van der Waals surface area (Å²) in [6.45, 7) is 5.31. The molecule has 1 aliphatic heterocycles. The molecule has 2 atom stereocenters. The maximum absolute atomic E-state index is 12.7. The first-order valence-corrected chi connectivity index (χ1v) is 9.90. The van der Waals surface area contributed by atoms with Gasteiger partial charge in [-0.2, -0.15) is 0 Å². The lowest BCUT2D eigenvalue weighted by molar-refractivity contribution is -0.126. The van der Waals surface area contributed by atoms with Crippen molar-refractivity contribution < 1.29 is 4.79 Å². The maximum Gasteiger partial charge on any atom is 0.135 e. The second-order valence-corrected chi connectivity index (χ2v) is 9.12. The molecular weight excluding hydrogens is 368 g/mol. The van der Waals surface area contributed by atoms with Crippen molar-refractivity contribution in [2.75, 3.05) is 6.54 Å². The number of para-hydroxylation sites is 1. The van der Waals surface area contributed by atoms with Gasteiger partial charge in [0, 0.05) is 41.9 Å². The zero-order chi connectivity index (χ0) is 18.6. The van der Waals surface area contributed by atoms with Gasteiger partial charge in [0.25, 0.3) is 0 Å². The normalized spacial score (nSPS) is 26.1. The number of fused-ring (bicyclic) bond motifs is 4. The third-order valence-corrected chi connectivity index (χ3v) is 6.37. The van der Waals surface area contributed by atoms with E-state index >= 15 is 0 Å². The van der Waals surface area contributed by atoms with E-state index in [-0.39, 0.29) is 23.4 Å². The van der Waals surface area contributed by atoms with Gasteiger partial charge in [0.15, 0.2) is 0 Å². The molecule has 1 aromatic heterocycles. The molecule has 5 rings (SSSR count). The van der Waals surface area contributed by atoms with Crippen LogP contribution in [0.25, 0.3) is 10.9 Å². The summed E-state index contributed by atoms with van der Waals surface area (Å²) in [4.78, 5) is 16.4. The highest BCUT2D eigenvalue weighted by atomic mass is 35.5. The molecule has 28 heavy (non-hydrogen) atoms. The van der Waals surface area contributed by atoms with E-state index in [1.54, 1.807) is 0 Å². The molecule has 1 aliphatic carbocycles. The van der Waals surface area contributed by atoms with E-state index in [0.29, 0.717) is 24.5 Å². The first-order valence-electron chi connectivity index (χ1n) is 9.90. The fourth-order valence-electron chi connectivity index (χ4n) is 5.54. The van der Waals surface area contributed by atoms with Gasteiger partial charge in [-0.15, -0.1) is 12.4 Å². The van der Waals surface area contributed by atoms with Gasteiger partial charge in [0.05, 0.1) is 5.54 Å². The van der Waals surface area contributed by atoms with Crippen LogP contribution in [0.5, 0.6) is 0 Å². The summed E-state index contributed by atoms with van der Waals surface area (Å²) in [7, 11) is 0. The molecule has 0 bridgehead atoms. The number of ketones is 1. The zero-order valence-corrected chi connectivity index (χ0v) is 17.2. The number of H-pyrrole nitrogens is 1. The van der Waals surface area contributed by atoms with Crippen molar-refractivity contribution in [2.45, 2.75) is 44.6 Å². The van der Waals surface area contributed by atoms with E-state index in [0.717, 1.165) is 13.0 Å². The zero-order valence-electron chi connectivity index (χ0n) is 16.4. The molecule has 3 nitrogen and oxygen atoms in total. The third kappa shape index (κ3) is 2.98. The first kappa shape index (κ1) is 19.2. The topological polar surface area (TPSA) is 44.9 Å². The Morgan fingerprint density at radius 3 is 2.43 bits per heavy atom. The molecule has 0 saturated heterocycles. The monoisotopic (exact) mass is 394 g/mol. The highest BCUT2D eigenvalue weighted by Crippen LogP contribution is 2.50. The number of rotatable bonds is 1. The molecular formula is C24H27ClN2O. The summed E-state index contributed by atoms with van der Waals surface area (Å²) in [5, 5.41) is 5.12. The number of aromatic amines is 1. The molecule has 1 saturated carbocycles. The van der Waals surface area contributed by atoms with Crippen LogP contribution in [0.2, 0.25) is 0 Å². The van der Waals surface area contributed by atoms with Gasteiger partial charge in [-0.05, 0) is 29.0 Å². The summed E-state index contributed by atoms with van der Waals surface area (Å²) in [6, 6.07) is 19.3. The predicted molar refractivity (Wildman–Crippen MR) is 116 cm³/mol. The lowest BCUT2D eigenvalue weighted by atomic mass is 9.63. The van der Waals surface area contributed by atoms with Crippen LogP contribution in [-0.4, -0.2) is 17.3 Å². The standard InChI is InChI=1S/C24H26N2O.ClH/c1-23(2)12-17(27)13-24(15-23)22-21(18-10-6-7-11-20(18)26-22)19(14-25-24)16-8-4-3-5-9-16;/h3-11,19,25-26H,12-15H2,1-2H3;1H. The van der Waals surface area contributed by atoms with Crippen molar-refractivity contribution in [3.63, 3.8) is 0 Å². The van der Waals surface area contributed by atoms with Crippen LogP contribution in [0.3, 0.4) is 0 Å². The van der Waals surface area contributed by atoms with E-state index in [1.807, 2.05) is 0 Å². The minimum atomic E-state index is -0.279. The van der Waals surface area contributed by atoms with Gasteiger partial charge in [-0.1, -0.05) is 62.4 Å². The largest absolute Gasteiger partial charge is 0.357 e. The molecule has 2 N–H and O–H groups in total. The number of halogens is 1. The Morgan fingerprint density at radius 1 is 0.964 bits per heavy atom. The van der Waals surface area contributed by atoms with Crippen molar-refractivity contribution in [2.24, 2.45) is 5.41 Å². The molecule has 2 heterocycles. The minimum absolute atomic E-state index is 0. The Hall–Kier alpha value is -2.10. The maximum atomic E-state index is 12.7. The number of Topliss-reactive ketones (excluding diaryl/α,β-unsaturated/α-hetero) is 1. The first-order chi connectivity index (χ1) is 13.0. The van der Waals surface area contributed by atoms with E-state index in [9.17, 15) is 4.79 Å². The number of nitrogens with one attached hydrogen (secondary N) is 2. The number of hydrogen-bond acceptors (Lipinski definition) is 2. The summed E-state index contributed by atoms with van der Waals surface area (Å²) in [5.74, 6) is 0.657. The van der Waals surface area contributed by atoms with Gasteiger partial charge in [0.1, 0.15) is 5.78 Å². The predicted octanol–water partition coefficient (Wildman–Crippen LogP) is 5.30. The van der Waals surface area contributed by atoms with E-state index < -0.39 is 0 Å². The quantitative estimate of drug-likeness (QED) is 0.588. The molecule has 0 amide bonds. The number of benzene rings is 2. The van der Waals surface area contributed by atoms with E-state index in [2.05, 4.69) is 78.7 Å². The SMILES string of the molecule is CC1(C)CC(=O)CC2(C1)NCC(c1ccccc1)c1c2[nH]c2ccccc12.Cl. The van der Waals surface area contributed by atoms with Gasteiger partial charge in [0.2, 0.25) is 0 Å². The van der Waals surface area contributed by atoms with Gasteiger partial charge in [-0.3, -0.25) is 4.79 Å². The molecule has 2 unspecified atom stereocenters. The summed E-state index contributed by atoms with van der Waals surface area (Å²) in [6.07, 6.45) is 2.24. The third-order valence-electron chi connectivity index (χ3n) is 6.37. The van der Waals surface area contributed by atoms with Crippen LogP contribution in [0.15, 0.2) is 54.6 Å². The number of aromatic nitrogens is 1. The van der Waals surface area contributed by atoms with Crippen molar-refractivity contribution in [3.05, 3.63) is 71.4 Å². The molecule has 3 aromatic rings. The van der Waals surface area contributed by atoms with Gasteiger partial charge in [-0.25, -0.2) is 0 Å². The lowest BCUT2D eigenvalue weighted by Crippen LogP contribution is -2.55. The summed E-state index contributed by atoms with van der Waals surface area (Å²) in [5.41, 5.74) is 4.83. The van der Waals surface area contributed by atoms with Crippen LogP contribution in [0, 0.1) is 5.41 Å². The van der Waals surface area contributed by atoms with Crippen LogP contribution in [-0.2, 0) is 10.3 Å². The minimum Gasteiger partial charge on any atom is -0.357 e. The molecule has 1 spiro atoms. The second-order valence-electron chi connectivity index (χ2n) is 9.12. The molecule has 2 aliphatic rings. The molecule has 146 valence electrons. The van der Waals surface area contributed by atoms with Crippen molar-refractivity contribution in [1.82, 2.24) is 10.3 Å². The summed E-state index contributed by atoms with van der Waals surface area (Å²) < 4.78 is 0. The van der Waals surface area contributed by atoms with E-state index in [1.165, 1.54) is 27.7 Å². The van der Waals surface area contributed by atoms with Gasteiger partial charge < -0.3 is 10.3 Å². The second kappa shape index (κ2) is 6.75. The Bertz CT molecular complexity index is 1020. The van der Waals surface area contributed by atoms with Crippen LogP contribution >= 0.6 is 12.4 Å². The van der Waals surface area contributed by atoms with Crippen molar-refractivity contribution in [1.29, 1.82) is 0 Å². The molecule has 1 fully saturated rings. The summed E-state index contributed by atoms with van der Waals surface area (Å²) >= 11 is 0. The van der Waals surface area contributed by atoms with Crippen molar-refractivity contribution in [3.8, 4) is 0 Å². The number of carbonyl (C=O) groups excluding carboxylic acids is 1. The molecule has 0 radical (unpaired) electrons. The Labute approximate surface area is 172 Å². The van der Waals surface area contributed by atoms with Crippen LogP contribution in [0.1, 0.15) is 55.8 Å². The van der Waals surface area contributed by atoms with Crippen molar-refractivity contribution >= 4 is 29.1 Å². The fraction of sp³-hybridized carbons (Fsp3) is 0.375. The van der Waals surface area contributed by atoms with E-state index in [4.69, 9.17) is 0 Å². The number of carbonyl (C=O) groups is 1.